The van der Waals surface area contributed by atoms with Crippen LogP contribution < -0.4 is 5.56 Å². The largest absolute Gasteiger partial charge is 0.309 e. The monoisotopic (exact) mass is 191 g/mol. The van der Waals surface area contributed by atoms with Gasteiger partial charge in [0, 0.05) is 6.42 Å². The third-order valence-corrected chi connectivity index (χ3v) is 1.67. The summed E-state index contributed by atoms with van der Waals surface area (Å²) < 4.78 is 0. The van der Waals surface area contributed by atoms with Gasteiger partial charge in [0.25, 0.3) is 5.56 Å². The van der Waals surface area contributed by atoms with Crippen LogP contribution >= 0.6 is 0 Å². The molecule has 4 nitrogen and oxygen atoms in total. The SMILES string of the molecule is CC(C)(C)Cc1ncc(C#N)c(=O)[nH]1. The third kappa shape index (κ3) is 2.70. The zero-order chi connectivity index (χ0) is 10.8. The number of hydrogen-bond acceptors (Lipinski definition) is 3. The maximum atomic E-state index is 11.2. The zero-order valence-electron chi connectivity index (χ0n) is 8.59. The second kappa shape index (κ2) is 3.62. The number of nitrogens with zero attached hydrogens (tertiary/aromatic N) is 2. The Bertz CT molecular complexity index is 420. The molecule has 0 saturated heterocycles. The van der Waals surface area contributed by atoms with Gasteiger partial charge in [0.15, 0.2) is 0 Å². The van der Waals surface area contributed by atoms with Crippen LogP contribution in [-0.4, -0.2) is 9.97 Å². The Labute approximate surface area is 82.6 Å². The lowest BCUT2D eigenvalue weighted by Gasteiger charge is -2.16. The second-order valence-corrected chi connectivity index (χ2v) is 4.42. The molecular formula is C10H13N3O. The molecular weight excluding hydrogens is 178 g/mol. The smallest absolute Gasteiger partial charge is 0.268 e. The Morgan fingerprint density at radius 1 is 1.57 bits per heavy atom. The van der Waals surface area contributed by atoms with Crippen LogP contribution in [0.15, 0.2) is 11.0 Å². The van der Waals surface area contributed by atoms with Gasteiger partial charge in [-0.1, -0.05) is 20.8 Å². The number of aromatic amines is 1. The first-order valence-electron chi connectivity index (χ1n) is 4.41. The Kier molecular flexibility index (Phi) is 2.70. The molecule has 1 N–H and O–H groups in total. The number of hydrogen-bond donors (Lipinski definition) is 1. The topological polar surface area (TPSA) is 69.5 Å². The molecule has 0 saturated carbocycles. The number of nitriles is 1. The number of aromatic nitrogens is 2. The summed E-state index contributed by atoms with van der Waals surface area (Å²) in [7, 11) is 0. The first kappa shape index (κ1) is 10.5. The summed E-state index contributed by atoms with van der Waals surface area (Å²) in [5.41, 5.74) is -0.228. The van der Waals surface area contributed by atoms with E-state index in [1.807, 2.05) is 0 Å². The summed E-state index contributed by atoms with van der Waals surface area (Å²) >= 11 is 0. The maximum absolute atomic E-state index is 11.2. The summed E-state index contributed by atoms with van der Waals surface area (Å²) in [6, 6.07) is 1.78. The molecule has 1 aromatic heterocycles. The van der Waals surface area contributed by atoms with E-state index in [4.69, 9.17) is 5.26 Å². The molecule has 0 unspecified atom stereocenters. The quantitative estimate of drug-likeness (QED) is 0.725. The molecule has 0 fully saturated rings. The first-order chi connectivity index (χ1) is 6.42. The van der Waals surface area contributed by atoms with Crippen molar-refractivity contribution < 1.29 is 0 Å². The molecule has 4 heteroatoms. The third-order valence-electron chi connectivity index (χ3n) is 1.67. The van der Waals surface area contributed by atoms with Gasteiger partial charge in [-0.25, -0.2) is 4.98 Å². The van der Waals surface area contributed by atoms with E-state index in [0.29, 0.717) is 12.2 Å². The van der Waals surface area contributed by atoms with Gasteiger partial charge in [-0.2, -0.15) is 5.26 Å². The Morgan fingerprint density at radius 3 is 2.64 bits per heavy atom. The average Bonchev–Trinajstić information content (AvgIpc) is 2.01. The van der Waals surface area contributed by atoms with Crippen molar-refractivity contribution in [2.75, 3.05) is 0 Å². The molecule has 14 heavy (non-hydrogen) atoms. The lowest BCUT2D eigenvalue weighted by atomic mass is 9.92. The van der Waals surface area contributed by atoms with Gasteiger partial charge in [0.05, 0.1) is 6.20 Å². The van der Waals surface area contributed by atoms with Crippen LogP contribution in [0.3, 0.4) is 0 Å². The predicted molar refractivity (Wildman–Crippen MR) is 52.7 cm³/mol. The summed E-state index contributed by atoms with van der Waals surface area (Å²) in [4.78, 5) is 17.9. The van der Waals surface area contributed by atoms with E-state index < -0.39 is 0 Å². The van der Waals surface area contributed by atoms with Crippen molar-refractivity contribution in [1.29, 1.82) is 5.26 Å². The van der Waals surface area contributed by atoms with Crippen LogP contribution in [0, 0.1) is 16.7 Å². The van der Waals surface area contributed by atoms with Crippen molar-refractivity contribution >= 4 is 0 Å². The van der Waals surface area contributed by atoms with Gasteiger partial charge in [0.2, 0.25) is 0 Å². The highest BCUT2D eigenvalue weighted by Crippen LogP contribution is 2.17. The molecule has 0 aliphatic rings. The van der Waals surface area contributed by atoms with Gasteiger partial charge in [-0.15, -0.1) is 0 Å². The molecule has 0 spiro atoms. The molecule has 74 valence electrons. The normalized spacial score (nSPS) is 11.0. The highest BCUT2D eigenvalue weighted by Gasteiger charge is 2.13. The summed E-state index contributed by atoms with van der Waals surface area (Å²) in [5, 5.41) is 8.53. The van der Waals surface area contributed by atoms with E-state index in [2.05, 4.69) is 30.7 Å². The molecule has 0 bridgehead atoms. The van der Waals surface area contributed by atoms with Crippen LogP contribution in [-0.2, 0) is 6.42 Å². The lowest BCUT2D eigenvalue weighted by Crippen LogP contribution is -2.18. The summed E-state index contributed by atoms with van der Waals surface area (Å²) in [6.07, 6.45) is 2.01. The van der Waals surface area contributed by atoms with Crippen LogP contribution in [0.25, 0.3) is 0 Å². The fourth-order valence-corrected chi connectivity index (χ4v) is 1.10. The number of rotatable bonds is 1. The minimum Gasteiger partial charge on any atom is -0.309 e. The fraction of sp³-hybridized carbons (Fsp3) is 0.500. The Balaban J connectivity index is 3.00. The van der Waals surface area contributed by atoms with Crippen molar-refractivity contribution in [1.82, 2.24) is 9.97 Å². The van der Waals surface area contributed by atoms with Crippen LogP contribution in [0.2, 0.25) is 0 Å². The van der Waals surface area contributed by atoms with Crippen molar-refractivity contribution in [3.05, 3.63) is 27.9 Å². The Morgan fingerprint density at radius 2 is 2.21 bits per heavy atom. The molecule has 0 atom stereocenters. The van der Waals surface area contributed by atoms with Gasteiger partial charge in [0.1, 0.15) is 17.5 Å². The van der Waals surface area contributed by atoms with E-state index in [1.54, 1.807) is 6.07 Å². The van der Waals surface area contributed by atoms with Gasteiger partial charge in [-0.3, -0.25) is 4.79 Å². The molecule has 0 aromatic carbocycles. The van der Waals surface area contributed by atoms with Crippen molar-refractivity contribution in [3.63, 3.8) is 0 Å². The van der Waals surface area contributed by atoms with E-state index in [1.165, 1.54) is 6.20 Å². The predicted octanol–water partition coefficient (Wildman–Crippen LogP) is 1.23. The number of H-pyrrole nitrogens is 1. The van der Waals surface area contributed by atoms with E-state index in [9.17, 15) is 4.79 Å². The van der Waals surface area contributed by atoms with Crippen molar-refractivity contribution in [3.8, 4) is 6.07 Å². The molecule has 0 aliphatic carbocycles. The summed E-state index contributed by atoms with van der Waals surface area (Å²) in [6.45, 7) is 6.18. The average molecular weight is 191 g/mol. The van der Waals surface area contributed by atoms with Gasteiger partial charge < -0.3 is 4.98 Å². The van der Waals surface area contributed by atoms with Crippen LogP contribution in [0.4, 0.5) is 0 Å². The van der Waals surface area contributed by atoms with Gasteiger partial charge >= 0.3 is 0 Å². The molecule has 1 heterocycles. The first-order valence-corrected chi connectivity index (χ1v) is 4.41. The summed E-state index contributed by atoms with van der Waals surface area (Å²) in [5.74, 6) is 0.626. The molecule has 0 amide bonds. The fourth-order valence-electron chi connectivity index (χ4n) is 1.10. The standard InChI is InChI=1S/C10H13N3O/c1-10(2,3)4-8-12-6-7(5-11)9(14)13-8/h6H,4H2,1-3H3,(H,12,13,14). The lowest BCUT2D eigenvalue weighted by molar-refractivity contribution is 0.400. The highest BCUT2D eigenvalue weighted by atomic mass is 16.1. The second-order valence-electron chi connectivity index (χ2n) is 4.42. The van der Waals surface area contributed by atoms with Gasteiger partial charge in [-0.05, 0) is 5.41 Å². The zero-order valence-corrected chi connectivity index (χ0v) is 8.59. The number of nitrogens with one attached hydrogen (secondary N) is 1. The maximum Gasteiger partial charge on any atom is 0.268 e. The molecule has 1 aromatic rings. The van der Waals surface area contributed by atoms with Crippen LogP contribution in [0.5, 0.6) is 0 Å². The molecule has 0 aliphatic heterocycles. The molecule has 0 radical (unpaired) electrons. The van der Waals surface area contributed by atoms with E-state index in [0.717, 1.165) is 0 Å². The van der Waals surface area contributed by atoms with E-state index >= 15 is 0 Å². The Hall–Kier alpha value is -1.63. The minimum atomic E-state index is -0.359. The van der Waals surface area contributed by atoms with E-state index in [-0.39, 0.29) is 16.5 Å². The van der Waals surface area contributed by atoms with Crippen molar-refractivity contribution in [2.45, 2.75) is 27.2 Å². The minimum absolute atomic E-state index is 0.0580. The highest BCUT2D eigenvalue weighted by molar-refractivity contribution is 5.22. The van der Waals surface area contributed by atoms with Crippen molar-refractivity contribution in [2.24, 2.45) is 5.41 Å². The van der Waals surface area contributed by atoms with Crippen LogP contribution in [0.1, 0.15) is 32.2 Å². The molecule has 1 rings (SSSR count).